The summed E-state index contributed by atoms with van der Waals surface area (Å²) < 4.78 is 57.5. The van der Waals surface area contributed by atoms with Gasteiger partial charge in [0.25, 0.3) is 0 Å². The van der Waals surface area contributed by atoms with Gasteiger partial charge < -0.3 is 5.32 Å². The summed E-state index contributed by atoms with van der Waals surface area (Å²) in [5.41, 5.74) is 2.92. The van der Waals surface area contributed by atoms with E-state index in [1.807, 2.05) is 48.5 Å². The van der Waals surface area contributed by atoms with Crippen molar-refractivity contribution in [1.82, 2.24) is 14.9 Å². The van der Waals surface area contributed by atoms with E-state index in [1.165, 1.54) is 10.7 Å². The first-order chi connectivity index (χ1) is 21.6. The van der Waals surface area contributed by atoms with E-state index in [4.69, 9.17) is 0 Å². The van der Waals surface area contributed by atoms with Crippen LogP contribution < -0.4 is 14.3 Å². The molecule has 1 amide bonds. The Kier molecular flexibility index (Phi) is 8.96. The van der Waals surface area contributed by atoms with Crippen LogP contribution in [0, 0.1) is 0 Å². The summed E-state index contributed by atoms with van der Waals surface area (Å²) in [6.45, 7) is 2.79. The number of carbonyl (C=O) groups is 1. The third-order valence-corrected chi connectivity index (χ3v) is 12.0. The fourth-order valence-corrected chi connectivity index (χ4v) is 8.88. The van der Waals surface area contributed by atoms with E-state index in [9.17, 15) is 21.6 Å². The molecule has 0 aromatic heterocycles. The fraction of sp³-hybridized carbons (Fsp3) is 0.324. The molecule has 2 heterocycles. The Morgan fingerprint density at radius 1 is 0.889 bits per heavy atom. The third-order valence-electron chi connectivity index (χ3n) is 8.71. The van der Waals surface area contributed by atoms with Crippen molar-refractivity contribution in [2.75, 3.05) is 30.2 Å². The van der Waals surface area contributed by atoms with E-state index in [-0.39, 0.29) is 17.1 Å². The Bertz CT molecular complexity index is 1910. The Balaban J connectivity index is 1.23. The Morgan fingerprint density at radius 3 is 2.36 bits per heavy atom. The van der Waals surface area contributed by atoms with E-state index in [1.54, 1.807) is 49.5 Å². The molecule has 4 aromatic carbocycles. The Labute approximate surface area is 265 Å². The topological polar surface area (TPSA) is 116 Å². The van der Waals surface area contributed by atoms with Gasteiger partial charge in [-0.2, -0.15) is 0 Å². The van der Waals surface area contributed by atoms with Crippen LogP contribution in [0.3, 0.4) is 0 Å². The predicted molar refractivity (Wildman–Crippen MR) is 177 cm³/mol. The monoisotopic (exact) mass is 646 g/mol. The van der Waals surface area contributed by atoms with Crippen molar-refractivity contribution < 1.29 is 21.6 Å². The van der Waals surface area contributed by atoms with Gasteiger partial charge in [-0.25, -0.2) is 21.6 Å². The molecule has 2 aliphatic rings. The van der Waals surface area contributed by atoms with Crippen molar-refractivity contribution in [2.24, 2.45) is 0 Å². The van der Waals surface area contributed by atoms with Gasteiger partial charge in [0.2, 0.25) is 26.0 Å². The van der Waals surface area contributed by atoms with Gasteiger partial charge in [0.05, 0.1) is 28.4 Å². The molecule has 9 nitrogen and oxygen atoms in total. The average molecular weight is 647 g/mol. The molecule has 4 aromatic rings. The number of sulfonamides is 2. The number of benzene rings is 4. The largest absolute Gasteiger partial charge is 0.348 e. The van der Waals surface area contributed by atoms with Crippen LogP contribution in [-0.4, -0.2) is 53.5 Å². The third kappa shape index (κ3) is 7.06. The lowest BCUT2D eigenvalue weighted by Gasteiger charge is -2.34. The average Bonchev–Trinajstić information content (AvgIpc) is 3.03. The molecule has 6 rings (SSSR count). The number of carbonyl (C=O) groups excluding carboxylic acids is 1. The molecule has 0 radical (unpaired) electrons. The van der Waals surface area contributed by atoms with Gasteiger partial charge in [0.15, 0.2) is 0 Å². The van der Waals surface area contributed by atoms with Gasteiger partial charge >= 0.3 is 0 Å². The molecule has 0 bridgehead atoms. The predicted octanol–water partition coefficient (Wildman–Crippen LogP) is 4.87. The molecule has 2 atom stereocenters. The lowest BCUT2D eigenvalue weighted by Crippen LogP contribution is -2.44. The summed E-state index contributed by atoms with van der Waals surface area (Å²) in [6, 6.07) is 25.5. The van der Waals surface area contributed by atoms with Gasteiger partial charge in [-0.15, -0.1) is 0 Å². The van der Waals surface area contributed by atoms with E-state index in [2.05, 4.69) is 14.9 Å². The van der Waals surface area contributed by atoms with Gasteiger partial charge in [-0.1, -0.05) is 79.2 Å². The van der Waals surface area contributed by atoms with Crippen LogP contribution >= 0.6 is 0 Å². The normalized spacial score (nSPS) is 19.1. The summed E-state index contributed by atoms with van der Waals surface area (Å²) in [7, 11) is -6.15. The van der Waals surface area contributed by atoms with Crippen LogP contribution in [0.15, 0.2) is 95.9 Å². The van der Waals surface area contributed by atoms with E-state index in [0.717, 1.165) is 54.4 Å². The molecule has 0 saturated carbocycles. The highest BCUT2D eigenvalue weighted by Gasteiger charge is 2.35. The zero-order valence-corrected chi connectivity index (χ0v) is 26.9. The zero-order valence-electron chi connectivity index (χ0n) is 25.2. The highest BCUT2D eigenvalue weighted by atomic mass is 32.2. The summed E-state index contributed by atoms with van der Waals surface area (Å²) in [6.07, 6.45) is 3.34. The lowest BCUT2D eigenvalue weighted by molar-refractivity contribution is -0.122. The van der Waals surface area contributed by atoms with Crippen LogP contribution in [0.1, 0.15) is 54.5 Å². The van der Waals surface area contributed by atoms with Crippen molar-refractivity contribution >= 4 is 42.4 Å². The maximum atomic E-state index is 13.6. The molecule has 2 aliphatic heterocycles. The maximum Gasteiger partial charge on any atom is 0.241 e. The van der Waals surface area contributed by atoms with Crippen LogP contribution in [0.25, 0.3) is 10.8 Å². The first-order valence-electron chi connectivity index (χ1n) is 15.3. The van der Waals surface area contributed by atoms with E-state index < -0.39 is 38.0 Å². The highest BCUT2D eigenvalue weighted by Crippen LogP contribution is 2.36. The first kappa shape index (κ1) is 31.2. The standard InChI is InChI=1S/C34H38N4O5S2/c1-37-33-20-25(23-38-18-8-3-9-19-38)14-17-30(33)32(24-44(37,40)41)35-34(39)22-31(27-11-4-2-5-12-27)36-45(42,43)29-16-15-26-10-6-7-13-28(26)21-29/h2,4-7,10-17,20-21,31-32,36H,3,8-9,18-19,22-24H2,1H3,(H,35,39)/t31-,32-/m1/s1. The lowest BCUT2D eigenvalue weighted by atomic mass is 10.0. The number of piperidine rings is 1. The number of fused-ring (bicyclic) bond motifs is 2. The SMILES string of the molecule is CN1c2cc(CN3CCCCC3)ccc2[C@H](NC(=O)C[C@@H](NS(=O)(=O)c2ccc3ccccc3c2)c2ccccc2)CS1(=O)=O. The Hall–Kier alpha value is -3.77. The number of nitrogens with one attached hydrogen (secondary N) is 2. The number of nitrogens with zero attached hydrogens (tertiary/aromatic N) is 2. The number of anilines is 1. The molecule has 45 heavy (non-hydrogen) atoms. The van der Waals surface area contributed by atoms with Crippen molar-refractivity contribution in [3.05, 3.63) is 108 Å². The van der Waals surface area contributed by atoms with Crippen LogP contribution in [0.2, 0.25) is 0 Å². The molecule has 0 unspecified atom stereocenters. The van der Waals surface area contributed by atoms with Gasteiger partial charge in [0, 0.05) is 20.0 Å². The number of amides is 1. The molecular weight excluding hydrogens is 609 g/mol. The van der Waals surface area contributed by atoms with E-state index >= 15 is 0 Å². The Morgan fingerprint density at radius 2 is 1.60 bits per heavy atom. The van der Waals surface area contributed by atoms with Crippen molar-refractivity contribution in [3.8, 4) is 0 Å². The first-order valence-corrected chi connectivity index (χ1v) is 18.4. The summed E-state index contributed by atoms with van der Waals surface area (Å²) in [5, 5.41) is 4.62. The maximum absolute atomic E-state index is 13.6. The molecule has 236 valence electrons. The minimum absolute atomic E-state index is 0.0956. The molecule has 2 N–H and O–H groups in total. The van der Waals surface area contributed by atoms with Gasteiger partial charge in [0.1, 0.15) is 0 Å². The van der Waals surface area contributed by atoms with Gasteiger partial charge in [-0.05, 0) is 71.6 Å². The second-order valence-corrected chi connectivity index (χ2v) is 15.7. The molecule has 11 heteroatoms. The second-order valence-electron chi connectivity index (χ2n) is 11.9. The minimum atomic E-state index is -4.01. The molecule has 1 fully saturated rings. The molecule has 1 saturated heterocycles. The van der Waals surface area contributed by atoms with Crippen molar-refractivity contribution in [2.45, 2.75) is 49.2 Å². The number of rotatable bonds is 9. The second kappa shape index (κ2) is 12.9. The van der Waals surface area contributed by atoms with Crippen LogP contribution in [0.5, 0.6) is 0 Å². The summed E-state index contributed by atoms with van der Waals surface area (Å²) >= 11 is 0. The molecule has 0 spiro atoms. The zero-order chi connectivity index (χ0) is 31.6. The number of hydrogen-bond acceptors (Lipinski definition) is 6. The highest BCUT2D eigenvalue weighted by molar-refractivity contribution is 7.92. The summed E-state index contributed by atoms with van der Waals surface area (Å²) in [5.74, 6) is -0.745. The quantitative estimate of drug-likeness (QED) is 0.268. The van der Waals surface area contributed by atoms with Crippen LogP contribution in [-0.2, 0) is 31.4 Å². The minimum Gasteiger partial charge on any atom is -0.348 e. The molecular formula is C34H38N4O5S2. The van der Waals surface area contributed by atoms with Crippen molar-refractivity contribution in [3.63, 3.8) is 0 Å². The van der Waals surface area contributed by atoms with Crippen molar-refractivity contribution in [1.29, 1.82) is 0 Å². The van der Waals surface area contributed by atoms with Gasteiger partial charge in [-0.3, -0.25) is 14.0 Å². The summed E-state index contributed by atoms with van der Waals surface area (Å²) in [4.78, 5) is 16.0. The smallest absolute Gasteiger partial charge is 0.241 e. The number of likely N-dealkylation sites (tertiary alicyclic amines) is 1. The molecule has 0 aliphatic carbocycles. The van der Waals surface area contributed by atoms with Crippen LogP contribution in [0.4, 0.5) is 5.69 Å². The number of hydrogen-bond donors (Lipinski definition) is 2. The fourth-order valence-electron chi connectivity index (χ4n) is 6.25. The van der Waals surface area contributed by atoms with E-state index in [0.29, 0.717) is 11.3 Å².